The molecular formula is C15H22N2O. The van der Waals surface area contributed by atoms with Crippen molar-refractivity contribution in [3.05, 3.63) is 23.5 Å². The van der Waals surface area contributed by atoms with Crippen LogP contribution in [-0.2, 0) is 13.0 Å². The van der Waals surface area contributed by atoms with Crippen LogP contribution in [0, 0.1) is 16.7 Å². The van der Waals surface area contributed by atoms with E-state index in [1.54, 1.807) is 0 Å². The van der Waals surface area contributed by atoms with E-state index < -0.39 is 0 Å². The number of aliphatic hydroxyl groups excluding tert-OH is 1. The lowest BCUT2D eigenvalue weighted by molar-refractivity contribution is 0.157. The summed E-state index contributed by atoms with van der Waals surface area (Å²) in [6.45, 7) is 4.90. The van der Waals surface area contributed by atoms with Gasteiger partial charge in [0.05, 0.1) is 17.6 Å². The SMILES string of the molecule is CC(C)(C#N)CCCn1cc2c(c1)C(O)CCC2. The van der Waals surface area contributed by atoms with Gasteiger partial charge in [-0.05, 0) is 51.5 Å². The van der Waals surface area contributed by atoms with Gasteiger partial charge in [0.15, 0.2) is 0 Å². The fraction of sp³-hybridized carbons (Fsp3) is 0.667. The van der Waals surface area contributed by atoms with Crippen LogP contribution in [0.4, 0.5) is 0 Å². The molecule has 0 amide bonds. The van der Waals surface area contributed by atoms with Crippen LogP contribution in [-0.4, -0.2) is 9.67 Å². The largest absolute Gasteiger partial charge is 0.388 e. The van der Waals surface area contributed by atoms with Crippen LogP contribution in [0.5, 0.6) is 0 Å². The number of nitriles is 1. The maximum Gasteiger partial charge on any atom is 0.0807 e. The maximum absolute atomic E-state index is 9.91. The number of aliphatic hydroxyl groups is 1. The van der Waals surface area contributed by atoms with Gasteiger partial charge in [-0.15, -0.1) is 0 Å². The molecule has 0 radical (unpaired) electrons. The van der Waals surface area contributed by atoms with Gasteiger partial charge in [0.1, 0.15) is 0 Å². The fourth-order valence-electron chi connectivity index (χ4n) is 2.61. The lowest BCUT2D eigenvalue weighted by Gasteiger charge is -2.16. The molecule has 0 spiro atoms. The van der Waals surface area contributed by atoms with E-state index in [-0.39, 0.29) is 11.5 Å². The van der Waals surface area contributed by atoms with Crippen molar-refractivity contribution in [3.63, 3.8) is 0 Å². The summed E-state index contributed by atoms with van der Waals surface area (Å²) in [5, 5.41) is 18.9. The molecule has 1 aliphatic carbocycles. The Morgan fingerprint density at radius 1 is 1.50 bits per heavy atom. The highest BCUT2D eigenvalue weighted by Crippen LogP contribution is 2.30. The van der Waals surface area contributed by atoms with Crippen molar-refractivity contribution in [3.8, 4) is 6.07 Å². The van der Waals surface area contributed by atoms with Crippen LogP contribution in [0.2, 0.25) is 0 Å². The highest BCUT2D eigenvalue weighted by Gasteiger charge is 2.20. The van der Waals surface area contributed by atoms with E-state index in [9.17, 15) is 5.11 Å². The molecule has 0 aromatic carbocycles. The van der Waals surface area contributed by atoms with Crippen LogP contribution >= 0.6 is 0 Å². The number of aromatic nitrogens is 1. The fourth-order valence-corrected chi connectivity index (χ4v) is 2.61. The number of hydrogen-bond donors (Lipinski definition) is 1. The average Bonchev–Trinajstić information content (AvgIpc) is 2.73. The van der Waals surface area contributed by atoms with Crippen LogP contribution < -0.4 is 0 Å². The number of rotatable bonds is 4. The Morgan fingerprint density at radius 2 is 2.28 bits per heavy atom. The van der Waals surface area contributed by atoms with Crippen LogP contribution in [0.3, 0.4) is 0 Å². The minimum absolute atomic E-state index is 0.230. The Bertz CT molecular complexity index is 454. The van der Waals surface area contributed by atoms with E-state index in [2.05, 4.69) is 23.0 Å². The molecule has 3 heteroatoms. The van der Waals surface area contributed by atoms with Gasteiger partial charge >= 0.3 is 0 Å². The molecule has 0 saturated carbocycles. The Morgan fingerprint density at radius 3 is 2.94 bits per heavy atom. The smallest absolute Gasteiger partial charge is 0.0807 e. The quantitative estimate of drug-likeness (QED) is 0.887. The second-order valence-corrected chi connectivity index (χ2v) is 5.98. The molecule has 18 heavy (non-hydrogen) atoms. The van der Waals surface area contributed by atoms with Crippen molar-refractivity contribution in [1.82, 2.24) is 4.57 Å². The predicted octanol–water partition coefficient (Wildman–Crippen LogP) is 3.19. The lowest BCUT2D eigenvalue weighted by Crippen LogP contribution is -2.09. The van der Waals surface area contributed by atoms with E-state index >= 15 is 0 Å². The summed E-state index contributed by atoms with van der Waals surface area (Å²) in [5.41, 5.74) is 2.18. The van der Waals surface area contributed by atoms with Crippen LogP contribution in [0.25, 0.3) is 0 Å². The first kappa shape index (κ1) is 13.2. The average molecular weight is 246 g/mol. The standard InChI is InChI=1S/C15H22N2O/c1-15(2,11-16)7-4-8-17-9-12-5-3-6-14(18)13(12)10-17/h9-10,14,18H,3-8H2,1-2H3. The van der Waals surface area contributed by atoms with Gasteiger partial charge < -0.3 is 9.67 Å². The highest BCUT2D eigenvalue weighted by atomic mass is 16.3. The summed E-state index contributed by atoms with van der Waals surface area (Å²) < 4.78 is 2.17. The minimum atomic E-state index is -0.273. The zero-order chi connectivity index (χ0) is 13.2. The molecule has 0 bridgehead atoms. The highest BCUT2D eigenvalue weighted by molar-refractivity contribution is 5.28. The van der Waals surface area contributed by atoms with Crippen molar-refractivity contribution in [2.45, 2.75) is 58.6 Å². The molecular weight excluding hydrogens is 224 g/mol. The summed E-state index contributed by atoms with van der Waals surface area (Å²) in [4.78, 5) is 0. The Kier molecular flexibility index (Phi) is 3.77. The van der Waals surface area contributed by atoms with E-state index in [0.717, 1.165) is 44.2 Å². The molecule has 1 N–H and O–H groups in total. The minimum Gasteiger partial charge on any atom is -0.388 e. The number of nitrogens with zero attached hydrogens (tertiary/aromatic N) is 2. The van der Waals surface area contributed by atoms with E-state index in [0.29, 0.717) is 0 Å². The topological polar surface area (TPSA) is 49.0 Å². The number of fused-ring (bicyclic) bond motifs is 1. The molecule has 2 rings (SSSR count). The summed E-state index contributed by atoms with van der Waals surface area (Å²) in [5.74, 6) is 0. The van der Waals surface area contributed by atoms with Gasteiger partial charge in [0.25, 0.3) is 0 Å². The third-order valence-electron chi connectivity index (χ3n) is 3.80. The summed E-state index contributed by atoms with van der Waals surface area (Å²) in [6.07, 6.45) is 8.95. The lowest BCUT2D eigenvalue weighted by atomic mass is 9.90. The molecule has 3 nitrogen and oxygen atoms in total. The van der Waals surface area contributed by atoms with E-state index in [4.69, 9.17) is 5.26 Å². The first-order valence-electron chi connectivity index (χ1n) is 6.80. The zero-order valence-electron chi connectivity index (χ0n) is 11.3. The first-order valence-corrected chi connectivity index (χ1v) is 6.80. The van der Waals surface area contributed by atoms with Crippen molar-refractivity contribution in [1.29, 1.82) is 5.26 Å². The summed E-state index contributed by atoms with van der Waals surface area (Å²) in [7, 11) is 0. The van der Waals surface area contributed by atoms with Crippen LogP contribution in [0.15, 0.2) is 12.4 Å². The third-order valence-corrected chi connectivity index (χ3v) is 3.80. The van der Waals surface area contributed by atoms with Gasteiger partial charge in [-0.1, -0.05) is 0 Å². The molecule has 1 aromatic rings. The summed E-state index contributed by atoms with van der Waals surface area (Å²) >= 11 is 0. The second-order valence-electron chi connectivity index (χ2n) is 5.98. The maximum atomic E-state index is 9.91. The first-order chi connectivity index (χ1) is 8.52. The van der Waals surface area contributed by atoms with Crippen LogP contribution in [0.1, 0.15) is 56.8 Å². The van der Waals surface area contributed by atoms with Crippen molar-refractivity contribution in [2.75, 3.05) is 0 Å². The third kappa shape index (κ3) is 2.94. The molecule has 1 atom stereocenters. The Hall–Kier alpha value is -1.27. The second kappa shape index (κ2) is 5.16. The molecule has 0 fully saturated rings. The van der Waals surface area contributed by atoms with Crippen molar-refractivity contribution >= 4 is 0 Å². The summed E-state index contributed by atoms with van der Waals surface area (Å²) in [6, 6.07) is 2.33. The van der Waals surface area contributed by atoms with Gasteiger partial charge in [0, 0.05) is 24.5 Å². The van der Waals surface area contributed by atoms with Gasteiger partial charge in [-0.3, -0.25) is 0 Å². The molecule has 1 aromatic heterocycles. The van der Waals surface area contributed by atoms with Gasteiger partial charge in [0.2, 0.25) is 0 Å². The Labute approximate surface area is 109 Å². The zero-order valence-corrected chi connectivity index (χ0v) is 11.3. The van der Waals surface area contributed by atoms with Crippen molar-refractivity contribution < 1.29 is 5.11 Å². The van der Waals surface area contributed by atoms with E-state index in [1.165, 1.54) is 5.56 Å². The molecule has 1 aliphatic rings. The predicted molar refractivity (Wildman–Crippen MR) is 71.0 cm³/mol. The van der Waals surface area contributed by atoms with Gasteiger partial charge in [-0.2, -0.15) is 5.26 Å². The monoisotopic (exact) mass is 246 g/mol. The number of hydrogen-bond acceptors (Lipinski definition) is 2. The Balaban J connectivity index is 1.94. The molecule has 0 aliphatic heterocycles. The molecule has 98 valence electrons. The van der Waals surface area contributed by atoms with E-state index in [1.807, 2.05) is 13.8 Å². The molecule has 1 heterocycles. The van der Waals surface area contributed by atoms with Crippen molar-refractivity contribution in [2.24, 2.45) is 5.41 Å². The van der Waals surface area contributed by atoms with Gasteiger partial charge in [-0.25, -0.2) is 0 Å². The number of aryl methyl sites for hydroxylation is 2. The molecule has 1 unspecified atom stereocenters. The normalized spacial score (nSPS) is 19.3. The molecule has 0 saturated heterocycles.